The molecule has 0 amide bonds. The molecule has 1 atom stereocenters. The Morgan fingerprint density at radius 1 is 0.630 bits per heavy atom. The second-order valence-electron chi connectivity index (χ2n) is 6.93. The number of aromatic nitrogens is 4. The normalized spacial score (nSPS) is 12.6. The summed E-state index contributed by atoms with van der Waals surface area (Å²) in [6.07, 6.45) is 1.72. The monoisotopic (exact) mass is 352 g/mol. The summed E-state index contributed by atoms with van der Waals surface area (Å²) in [6.45, 7) is 0. The Kier molecular flexibility index (Phi) is 3.94. The molecule has 0 aliphatic carbocycles. The number of imidazole rings is 2. The van der Waals surface area contributed by atoms with Crippen molar-refractivity contribution in [2.24, 2.45) is 0 Å². The Balaban J connectivity index is 1.52. The van der Waals surface area contributed by atoms with Gasteiger partial charge in [0.15, 0.2) is 0 Å². The third-order valence-corrected chi connectivity index (χ3v) is 5.00. The molecule has 0 radical (unpaired) electrons. The van der Waals surface area contributed by atoms with Crippen LogP contribution in [0.2, 0.25) is 0 Å². The number of hydrogen-bond donors (Lipinski definition) is 2. The topological polar surface area (TPSA) is 57.4 Å². The molecule has 2 heterocycles. The van der Waals surface area contributed by atoms with E-state index in [2.05, 4.69) is 58.5 Å². The predicted molar refractivity (Wildman–Crippen MR) is 109 cm³/mol. The molecule has 0 bridgehead atoms. The summed E-state index contributed by atoms with van der Waals surface area (Å²) in [5, 5.41) is 0. The van der Waals surface area contributed by atoms with Gasteiger partial charge in [0, 0.05) is 12.3 Å². The molecule has 5 aromatic rings. The van der Waals surface area contributed by atoms with Gasteiger partial charge < -0.3 is 9.97 Å². The lowest BCUT2D eigenvalue weighted by atomic mass is 9.95. The van der Waals surface area contributed by atoms with E-state index in [4.69, 9.17) is 9.97 Å². The van der Waals surface area contributed by atoms with E-state index in [0.717, 1.165) is 46.6 Å². The molecule has 0 unspecified atom stereocenters. The summed E-state index contributed by atoms with van der Waals surface area (Å²) in [4.78, 5) is 16.6. The molecule has 0 saturated heterocycles. The first-order chi connectivity index (χ1) is 13.3. The van der Waals surface area contributed by atoms with E-state index in [0.29, 0.717) is 0 Å². The highest BCUT2D eigenvalue weighted by Gasteiger charge is 2.19. The van der Waals surface area contributed by atoms with E-state index in [-0.39, 0.29) is 5.92 Å². The van der Waals surface area contributed by atoms with Crippen molar-refractivity contribution in [3.05, 3.63) is 96.1 Å². The molecule has 2 aromatic heterocycles. The largest absolute Gasteiger partial charge is 0.342 e. The molecule has 0 fully saturated rings. The van der Waals surface area contributed by atoms with E-state index in [1.54, 1.807) is 0 Å². The molecule has 4 nitrogen and oxygen atoms in total. The molecule has 0 aliphatic heterocycles. The highest BCUT2D eigenvalue weighted by molar-refractivity contribution is 5.75. The first-order valence-electron chi connectivity index (χ1n) is 9.27. The Morgan fingerprint density at radius 3 is 1.96 bits per heavy atom. The number of aromatic amines is 2. The number of H-pyrrole nitrogens is 2. The van der Waals surface area contributed by atoms with Gasteiger partial charge in [-0.2, -0.15) is 0 Å². The van der Waals surface area contributed by atoms with Crippen LogP contribution in [0.25, 0.3) is 22.1 Å². The molecule has 0 aliphatic rings. The molecule has 5 rings (SSSR count). The highest BCUT2D eigenvalue weighted by Crippen LogP contribution is 2.25. The van der Waals surface area contributed by atoms with Gasteiger partial charge in [-0.15, -0.1) is 0 Å². The molecule has 2 N–H and O–H groups in total. The summed E-state index contributed by atoms with van der Waals surface area (Å²) >= 11 is 0. The van der Waals surface area contributed by atoms with E-state index in [1.807, 2.05) is 30.3 Å². The minimum absolute atomic E-state index is 0.223. The van der Waals surface area contributed by atoms with Crippen LogP contribution in [0.5, 0.6) is 0 Å². The van der Waals surface area contributed by atoms with E-state index < -0.39 is 0 Å². The number of nitrogens with zero attached hydrogens (tertiary/aromatic N) is 2. The van der Waals surface area contributed by atoms with Gasteiger partial charge in [0.25, 0.3) is 0 Å². The van der Waals surface area contributed by atoms with Crippen LogP contribution in [0.1, 0.15) is 23.1 Å². The second-order valence-corrected chi connectivity index (χ2v) is 6.93. The van der Waals surface area contributed by atoms with Gasteiger partial charge in [0.05, 0.1) is 22.1 Å². The van der Waals surface area contributed by atoms with Crippen molar-refractivity contribution in [3.63, 3.8) is 0 Å². The molecular weight excluding hydrogens is 332 g/mol. The van der Waals surface area contributed by atoms with Crippen molar-refractivity contribution >= 4 is 22.1 Å². The lowest BCUT2D eigenvalue weighted by Gasteiger charge is -2.13. The zero-order valence-corrected chi connectivity index (χ0v) is 14.9. The van der Waals surface area contributed by atoms with Crippen LogP contribution in [0.15, 0.2) is 78.9 Å². The average molecular weight is 352 g/mol. The number of hydrogen-bond acceptors (Lipinski definition) is 2. The maximum Gasteiger partial charge on any atom is 0.111 e. The minimum atomic E-state index is 0.223. The Hall–Kier alpha value is -3.40. The number of para-hydroxylation sites is 4. The fourth-order valence-corrected chi connectivity index (χ4v) is 3.67. The number of benzene rings is 3. The second kappa shape index (κ2) is 6.72. The van der Waals surface area contributed by atoms with Gasteiger partial charge in [0.1, 0.15) is 11.6 Å². The van der Waals surface area contributed by atoms with Crippen molar-refractivity contribution < 1.29 is 0 Å². The van der Waals surface area contributed by atoms with Crippen LogP contribution in [0, 0.1) is 0 Å². The summed E-state index contributed by atoms with van der Waals surface area (Å²) in [5.74, 6) is 2.23. The van der Waals surface area contributed by atoms with Crippen molar-refractivity contribution in [2.75, 3.05) is 0 Å². The van der Waals surface area contributed by atoms with Crippen LogP contribution in [0.3, 0.4) is 0 Å². The molecule has 4 heteroatoms. The van der Waals surface area contributed by atoms with Gasteiger partial charge in [0.2, 0.25) is 0 Å². The fourth-order valence-electron chi connectivity index (χ4n) is 3.67. The highest BCUT2D eigenvalue weighted by atomic mass is 14.9. The zero-order chi connectivity index (χ0) is 18.1. The minimum Gasteiger partial charge on any atom is -0.342 e. The summed E-state index contributed by atoms with van der Waals surface area (Å²) in [5.41, 5.74) is 5.48. The maximum atomic E-state index is 4.86. The number of fused-ring (bicyclic) bond motifs is 2. The maximum absolute atomic E-state index is 4.86. The van der Waals surface area contributed by atoms with Gasteiger partial charge in [-0.05, 0) is 36.2 Å². The molecule has 3 aromatic carbocycles. The van der Waals surface area contributed by atoms with Crippen molar-refractivity contribution in [3.8, 4) is 0 Å². The first kappa shape index (κ1) is 15.8. The zero-order valence-electron chi connectivity index (χ0n) is 14.9. The first-order valence-corrected chi connectivity index (χ1v) is 9.27. The molecule has 132 valence electrons. The quantitative estimate of drug-likeness (QED) is 0.467. The van der Waals surface area contributed by atoms with E-state index in [9.17, 15) is 0 Å². The van der Waals surface area contributed by atoms with Crippen LogP contribution in [0.4, 0.5) is 0 Å². The summed E-state index contributed by atoms with van der Waals surface area (Å²) in [7, 11) is 0. The Morgan fingerprint density at radius 2 is 1.26 bits per heavy atom. The number of rotatable bonds is 5. The smallest absolute Gasteiger partial charge is 0.111 e. The van der Waals surface area contributed by atoms with Crippen LogP contribution in [-0.2, 0) is 12.8 Å². The Bertz CT molecular complexity index is 1120. The Labute approximate surface area is 157 Å². The average Bonchev–Trinajstić information content (AvgIpc) is 3.31. The van der Waals surface area contributed by atoms with Gasteiger partial charge >= 0.3 is 0 Å². The third kappa shape index (κ3) is 3.22. The molecule has 0 spiro atoms. The predicted octanol–water partition coefficient (Wildman–Crippen LogP) is 5.01. The van der Waals surface area contributed by atoms with E-state index in [1.165, 1.54) is 5.56 Å². The van der Waals surface area contributed by atoms with Crippen LogP contribution >= 0.6 is 0 Å². The van der Waals surface area contributed by atoms with Crippen LogP contribution < -0.4 is 0 Å². The summed E-state index contributed by atoms with van der Waals surface area (Å²) in [6, 6.07) is 26.9. The van der Waals surface area contributed by atoms with Crippen molar-refractivity contribution in [1.29, 1.82) is 0 Å². The molecular formula is C23H20N4. The van der Waals surface area contributed by atoms with E-state index >= 15 is 0 Å². The number of nitrogens with one attached hydrogen (secondary N) is 2. The third-order valence-electron chi connectivity index (χ3n) is 5.00. The van der Waals surface area contributed by atoms with Gasteiger partial charge in [-0.3, -0.25) is 0 Å². The fraction of sp³-hybridized carbons (Fsp3) is 0.130. The molecule has 0 saturated carbocycles. The SMILES string of the molecule is c1ccc(C[C@H](Cc2nc3ccccc3[nH]2)c2nc3ccccc3[nH]2)cc1. The van der Waals surface area contributed by atoms with Gasteiger partial charge in [-0.1, -0.05) is 54.6 Å². The standard InChI is InChI=1S/C23H20N4/c1-2-8-16(9-3-1)14-17(23-26-20-12-6-7-13-21(20)27-23)15-22-24-18-10-4-5-11-19(18)25-22/h1-13,17H,14-15H2,(H,24,25)(H,26,27)/t17-/m1/s1. The van der Waals surface area contributed by atoms with Gasteiger partial charge in [-0.25, -0.2) is 9.97 Å². The summed E-state index contributed by atoms with van der Waals surface area (Å²) < 4.78 is 0. The lowest BCUT2D eigenvalue weighted by Crippen LogP contribution is -2.10. The van der Waals surface area contributed by atoms with Crippen LogP contribution in [-0.4, -0.2) is 19.9 Å². The van der Waals surface area contributed by atoms with Crippen molar-refractivity contribution in [2.45, 2.75) is 18.8 Å². The van der Waals surface area contributed by atoms with Crippen molar-refractivity contribution in [1.82, 2.24) is 19.9 Å². The molecule has 27 heavy (non-hydrogen) atoms. The lowest BCUT2D eigenvalue weighted by molar-refractivity contribution is 0.628.